The van der Waals surface area contributed by atoms with Crippen LogP contribution in [0.25, 0.3) is 0 Å². The summed E-state index contributed by atoms with van der Waals surface area (Å²) in [4.78, 5) is 4.96. The van der Waals surface area contributed by atoms with E-state index in [-0.39, 0.29) is 0 Å². The minimum atomic E-state index is 0.670. The van der Waals surface area contributed by atoms with Crippen molar-refractivity contribution in [3.63, 3.8) is 0 Å². The second-order valence-electron chi connectivity index (χ2n) is 5.60. The zero-order chi connectivity index (χ0) is 14.5. The van der Waals surface area contributed by atoms with Crippen molar-refractivity contribution in [3.8, 4) is 0 Å². The van der Waals surface area contributed by atoms with Gasteiger partial charge in [-0.3, -0.25) is 4.90 Å². The van der Waals surface area contributed by atoms with Gasteiger partial charge in [0.2, 0.25) is 0 Å². The first kappa shape index (κ1) is 15.6. The molecular formula is C16H26ClN3. The van der Waals surface area contributed by atoms with Crippen molar-refractivity contribution < 1.29 is 0 Å². The zero-order valence-electron chi connectivity index (χ0n) is 12.6. The van der Waals surface area contributed by atoms with E-state index in [1.165, 1.54) is 12.0 Å². The fraction of sp³-hybridized carbons (Fsp3) is 0.625. The maximum absolute atomic E-state index is 6.43. The Morgan fingerprint density at radius 3 is 2.50 bits per heavy atom. The third-order valence-electron chi connectivity index (χ3n) is 4.31. The summed E-state index contributed by atoms with van der Waals surface area (Å²) in [5.74, 6) is 0. The van der Waals surface area contributed by atoms with Gasteiger partial charge in [-0.05, 0) is 44.0 Å². The number of benzene rings is 1. The highest BCUT2D eigenvalue weighted by atomic mass is 35.5. The van der Waals surface area contributed by atoms with Crippen LogP contribution in [-0.4, -0.2) is 43.7 Å². The molecule has 0 bridgehead atoms. The van der Waals surface area contributed by atoms with Crippen LogP contribution in [0.1, 0.15) is 25.8 Å². The molecule has 0 aromatic heterocycles. The second-order valence-corrected chi connectivity index (χ2v) is 6.01. The van der Waals surface area contributed by atoms with Gasteiger partial charge in [0.05, 0.1) is 10.7 Å². The Morgan fingerprint density at radius 2 is 1.95 bits per heavy atom. The summed E-state index contributed by atoms with van der Waals surface area (Å²) in [5, 5.41) is 0.855. The highest BCUT2D eigenvalue weighted by molar-refractivity contribution is 6.33. The number of nitrogens with zero attached hydrogens (tertiary/aromatic N) is 2. The number of rotatable bonds is 5. The van der Waals surface area contributed by atoms with Crippen LogP contribution in [0.4, 0.5) is 5.69 Å². The van der Waals surface area contributed by atoms with E-state index in [0.717, 1.165) is 43.3 Å². The molecule has 3 nitrogen and oxygen atoms in total. The van der Waals surface area contributed by atoms with E-state index in [2.05, 4.69) is 41.8 Å². The van der Waals surface area contributed by atoms with Crippen LogP contribution in [-0.2, 0) is 6.42 Å². The highest BCUT2D eigenvalue weighted by Crippen LogP contribution is 2.28. The maximum atomic E-state index is 6.43. The van der Waals surface area contributed by atoms with Crippen molar-refractivity contribution in [3.05, 3.63) is 28.8 Å². The van der Waals surface area contributed by atoms with Crippen LogP contribution in [0.3, 0.4) is 0 Å². The molecule has 2 N–H and O–H groups in total. The second kappa shape index (κ2) is 7.30. The van der Waals surface area contributed by atoms with Crippen molar-refractivity contribution in [1.29, 1.82) is 0 Å². The molecule has 0 saturated carbocycles. The molecule has 1 atom stereocenters. The summed E-state index contributed by atoms with van der Waals surface area (Å²) >= 11 is 6.43. The van der Waals surface area contributed by atoms with Crippen LogP contribution >= 0.6 is 11.6 Å². The van der Waals surface area contributed by atoms with E-state index < -0.39 is 0 Å². The Hall–Kier alpha value is -0.770. The molecule has 1 aromatic rings. The smallest absolute Gasteiger partial charge is 0.0642 e. The first-order chi connectivity index (χ1) is 9.65. The molecular weight excluding hydrogens is 270 g/mol. The first-order valence-electron chi connectivity index (χ1n) is 7.63. The van der Waals surface area contributed by atoms with Crippen molar-refractivity contribution in [2.75, 3.05) is 37.6 Å². The number of halogens is 1. The van der Waals surface area contributed by atoms with E-state index in [9.17, 15) is 0 Å². The number of hydrogen-bond acceptors (Lipinski definition) is 3. The standard InChI is InChI=1S/C16H26ClN3/c1-3-13(2)19-8-10-20(11-9-19)16-5-4-14(6-7-18)12-15(16)17/h4-5,12-13H,3,6-11,18H2,1-2H3. The van der Waals surface area contributed by atoms with Gasteiger partial charge in [0.25, 0.3) is 0 Å². The van der Waals surface area contributed by atoms with Crippen molar-refractivity contribution in [1.82, 2.24) is 4.90 Å². The van der Waals surface area contributed by atoms with Crippen LogP contribution in [0.15, 0.2) is 18.2 Å². The third kappa shape index (κ3) is 3.66. The van der Waals surface area contributed by atoms with Gasteiger partial charge in [-0.2, -0.15) is 0 Å². The summed E-state index contributed by atoms with van der Waals surface area (Å²) < 4.78 is 0. The Kier molecular flexibility index (Phi) is 5.70. The lowest BCUT2D eigenvalue weighted by atomic mass is 10.1. The lowest BCUT2D eigenvalue weighted by Crippen LogP contribution is -2.49. The molecule has 112 valence electrons. The Labute approximate surface area is 127 Å². The van der Waals surface area contributed by atoms with Crippen molar-refractivity contribution >= 4 is 17.3 Å². The van der Waals surface area contributed by atoms with E-state index in [1.807, 2.05) is 0 Å². The minimum Gasteiger partial charge on any atom is -0.368 e. The molecule has 2 rings (SSSR count). The molecule has 1 aliphatic rings. The average Bonchev–Trinajstić information content (AvgIpc) is 2.47. The molecule has 1 heterocycles. The molecule has 0 radical (unpaired) electrons. The SMILES string of the molecule is CCC(C)N1CCN(c2ccc(CCN)cc2Cl)CC1. The van der Waals surface area contributed by atoms with E-state index in [0.29, 0.717) is 12.6 Å². The Balaban J connectivity index is 2.00. The monoisotopic (exact) mass is 295 g/mol. The lowest BCUT2D eigenvalue weighted by molar-refractivity contribution is 0.193. The molecule has 20 heavy (non-hydrogen) atoms. The van der Waals surface area contributed by atoms with Gasteiger partial charge in [-0.25, -0.2) is 0 Å². The van der Waals surface area contributed by atoms with Gasteiger partial charge in [0.15, 0.2) is 0 Å². The quantitative estimate of drug-likeness (QED) is 0.907. The predicted molar refractivity (Wildman–Crippen MR) is 87.7 cm³/mol. The van der Waals surface area contributed by atoms with Gasteiger partial charge < -0.3 is 10.6 Å². The van der Waals surface area contributed by atoms with Crippen LogP contribution in [0.2, 0.25) is 5.02 Å². The van der Waals surface area contributed by atoms with Gasteiger partial charge in [0, 0.05) is 32.2 Å². The summed E-state index contributed by atoms with van der Waals surface area (Å²) in [6, 6.07) is 7.03. The third-order valence-corrected chi connectivity index (χ3v) is 4.62. The largest absolute Gasteiger partial charge is 0.368 e. The number of nitrogens with two attached hydrogens (primary N) is 1. The van der Waals surface area contributed by atoms with Crippen LogP contribution < -0.4 is 10.6 Å². The van der Waals surface area contributed by atoms with Gasteiger partial charge >= 0.3 is 0 Å². The molecule has 4 heteroatoms. The molecule has 1 fully saturated rings. The van der Waals surface area contributed by atoms with E-state index in [1.54, 1.807) is 0 Å². The number of hydrogen-bond donors (Lipinski definition) is 1. The molecule has 1 aromatic carbocycles. The summed E-state index contributed by atoms with van der Waals surface area (Å²) in [6.45, 7) is 9.59. The fourth-order valence-electron chi connectivity index (χ4n) is 2.79. The number of piperazine rings is 1. The Morgan fingerprint density at radius 1 is 1.25 bits per heavy atom. The van der Waals surface area contributed by atoms with Gasteiger partial charge in [-0.1, -0.05) is 24.6 Å². The molecule has 1 saturated heterocycles. The molecule has 1 aliphatic heterocycles. The average molecular weight is 296 g/mol. The minimum absolute atomic E-state index is 0.670. The molecule has 0 amide bonds. The summed E-state index contributed by atoms with van der Waals surface area (Å²) in [5.41, 5.74) is 7.97. The molecule has 0 aliphatic carbocycles. The van der Waals surface area contributed by atoms with Gasteiger partial charge in [0.1, 0.15) is 0 Å². The van der Waals surface area contributed by atoms with E-state index >= 15 is 0 Å². The summed E-state index contributed by atoms with van der Waals surface area (Å²) in [7, 11) is 0. The van der Waals surface area contributed by atoms with Crippen LogP contribution in [0.5, 0.6) is 0 Å². The zero-order valence-corrected chi connectivity index (χ0v) is 13.4. The van der Waals surface area contributed by atoms with Crippen molar-refractivity contribution in [2.45, 2.75) is 32.7 Å². The van der Waals surface area contributed by atoms with Gasteiger partial charge in [-0.15, -0.1) is 0 Å². The fourth-order valence-corrected chi connectivity index (χ4v) is 3.11. The number of anilines is 1. The van der Waals surface area contributed by atoms with Crippen LogP contribution in [0, 0.1) is 0 Å². The highest BCUT2D eigenvalue weighted by Gasteiger charge is 2.21. The molecule has 1 unspecified atom stereocenters. The van der Waals surface area contributed by atoms with Crippen molar-refractivity contribution in [2.24, 2.45) is 5.73 Å². The lowest BCUT2D eigenvalue weighted by Gasteiger charge is -2.39. The normalized spacial score (nSPS) is 18.3. The first-order valence-corrected chi connectivity index (χ1v) is 8.01. The topological polar surface area (TPSA) is 32.5 Å². The predicted octanol–water partition coefficient (Wildman–Crippen LogP) is 2.76. The Bertz CT molecular complexity index is 428. The van der Waals surface area contributed by atoms with E-state index in [4.69, 9.17) is 17.3 Å². The summed E-state index contributed by atoms with van der Waals surface area (Å²) in [6.07, 6.45) is 2.11. The maximum Gasteiger partial charge on any atom is 0.0642 e. The molecule has 0 spiro atoms.